The highest BCUT2D eigenvalue weighted by Gasteiger charge is 2.17. The van der Waals surface area contributed by atoms with E-state index in [-0.39, 0.29) is 5.78 Å². The number of carbonyl (C=O) groups is 2. The fraction of sp³-hybridized carbons (Fsp3) is 0.167. The van der Waals surface area contributed by atoms with E-state index in [4.69, 9.17) is 0 Å². The van der Waals surface area contributed by atoms with Gasteiger partial charge in [0.25, 0.3) is 0 Å². The molecule has 2 heterocycles. The Bertz CT molecular complexity index is 925. The minimum atomic E-state index is -0.0726. The van der Waals surface area contributed by atoms with Crippen molar-refractivity contribution >= 4 is 29.1 Å². The molecule has 0 aliphatic heterocycles. The molecule has 0 saturated heterocycles. The second-order valence-corrected chi connectivity index (χ2v) is 5.53. The van der Waals surface area contributed by atoms with Crippen LogP contribution in [0.4, 0.5) is 11.4 Å². The van der Waals surface area contributed by atoms with Crippen molar-refractivity contribution in [3.63, 3.8) is 0 Å². The maximum absolute atomic E-state index is 12.1. The molecule has 0 atom stereocenters. The molecule has 0 bridgehead atoms. The standard InChI is InChI=1S/C18H17N3O2/c1-11-6-4-5-7-16(11)20-17-12(2)18-19-8-14(10-22)21(18)9-15(17)13(3)23/h4-10,20H,1-3H3. The highest BCUT2D eigenvalue weighted by molar-refractivity contribution is 6.02. The largest absolute Gasteiger partial charge is 0.354 e. The zero-order valence-electron chi connectivity index (χ0n) is 13.3. The Kier molecular flexibility index (Phi) is 3.70. The Morgan fingerprint density at radius 2 is 2.00 bits per heavy atom. The van der Waals surface area contributed by atoms with E-state index in [0.717, 1.165) is 28.8 Å². The third-order valence-electron chi connectivity index (χ3n) is 3.97. The number of aryl methyl sites for hydroxylation is 2. The predicted octanol–water partition coefficient (Wildman–Crippen LogP) is 3.71. The molecule has 5 nitrogen and oxygen atoms in total. The van der Waals surface area contributed by atoms with Gasteiger partial charge in [-0.2, -0.15) is 0 Å². The summed E-state index contributed by atoms with van der Waals surface area (Å²) in [5.41, 5.74) is 5.18. The average molecular weight is 307 g/mol. The lowest BCUT2D eigenvalue weighted by Gasteiger charge is -2.16. The lowest BCUT2D eigenvalue weighted by molar-refractivity contribution is 0.101. The third-order valence-corrected chi connectivity index (χ3v) is 3.97. The number of fused-ring (bicyclic) bond motifs is 1. The quantitative estimate of drug-likeness (QED) is 0.589. The van der Waals surface area contributed by atoms with Crippen LogP contribution in [0.15, 0.2) is 36.7 Å². The highest BCUT2D eigenvalue weighted by Crippen LogP contribution is 2.30. The number of carbonyl (C=O) groups excluding carboxylic acids is 2. The molecule has 0 fully saturated rings. The van der Waals surface area contributed by atoms with E-state index in [1.807, 2.05) is 38.1 Å². The van der Waals surface area contributed by atoms with Crippen molar-refractivity contribution in [2.45, 2.75) is 20.8 Å². The molecule has 0 radical (unpaired) electrons. The Morgan fingerprint density at radius 3 is 2.65 bits per heavy atom. The minimum Gasteiger partial charge on any atom is -0.354 e. The van der Waals surface area contributed by atoms with E-state index in [1.54, 1.807) is 10.6 Å². The highest BCUT2D eigenvalue weighted by atomic mass is 16.1. The van der Waals surface area contributed by atoms with Gasteiger partial charge in [-0.3, -0.25) is 14.0 Å². The van der Waals surface area contributed by atoms with Crippen molar-refractivity contribution in [3.8, 4) is 0 Å². The van der Waals surface area contributed by atoms with Crippen LogP contribution in [-0.4, -0.2) is 21.5 Å². The van der Waals surface area contributed by atoms with E-state index in [1.165, 1.54) is 13.1 Å². The fourth-order valence-corrected chi connectivity index (χ4v) is 2.66. The molecule has 23 heavy (non-hydrogen) atoms. The SMILES string of the molecule is CC(=O)c1cn2c(C=O)cnc2c(C)c1Nc1ccccc1C. The maximum Gasteiger partial charge on any atom is 0.168 e. The van der Waals surface area contributed by atoms with Gasteiger partial charge in [0.2, 0.25) is 0 Å². The molecule has 0 amide bonds. The lowest BCUT2D eigenvalue weighted by Crippen LogP contribution is -2.07. The number of aromatic nitrogens is 2. The number of hydrogen-bond donors (Lipinski definition) is 1. The molecule has 0 spiro atoms. The molecule has 1 N–H and O–H groups in total. The van der Waals surface area contributed by atoms with Gasteiger partial charge < -0.3 is 5.32 Å². The molecule has 0 unspecified atom stereocenters. The zero-order valence-corrected chi connectivity index (χ0v) is 13.3. The van der Waals surface area contributed by atoms with Gasteiger partial charge in [0.1, 0.15) is 11.3 Å². The maximum atomic E-state index is 12.1. The fourth-order valence-electron chi connectivity index (χ4n) is 2.66. The van der Waals surface area contributed by atoms with Crippen LogP contribution in [0.25, 0.3) is 5.65 Å². The number of nitrogens with one attached hydrogen (secondary N) is 1. The summed E-state index contributed by atoms with van der Waals surface area (Å²) in [5.74, 6) is -0.0726. The molecule has 2 aromatic heterocycles. The number of hydrogen-bond acceptors (Lipinski definition) is 4. The second kappa shape index (κ2) is 5.68. The molecule has 3 rings (SSSR count). The van der Waals surface area contributed by atoms with Crippen LogP contribution in [0.3, 0.4) is 0 Å². The molecule has 0 aliphatic carbocycles. The molecule has 1 aromatic carbocycles. The molecule has 0 aliphatic rings. The van der Waals surface area contributed by atoms with Crippen LogP contribution in [0.2, 0.25) is 0 Å². The number of para-hydroxylation sites is 1. The Hall–Kier alpha value is -2.95. The van der Waals surface area contributed by atoms with Crippen molar-refractivity contribution in [2.75, 3.05) is 5.32 Å². The van der Waals surface area contributed by atoms with Gasteiger partial charge in [-0.1, -0.05) is 18.2 Å². The number of ketones is 1. The number of nitrogens with zero attached hydrogens (tertiary/aromatic N) is 2. The number of imidazole rings is 1. The van der Waals surface area contributed by atoms with Crippen LogP contribution in [0.5, 0.6) is 0 Å². The summed E-state index contributed by atoms with van der Waals surface area (Å²) >= 11 is 0. The smallest absolute Gasteiger partial charge is 0.168 e. The first-order chi connectivity index (χ1) is 11.0. The Labute approximate surface area is 134 Å². The number of anilines is 2. The minimum absolute atomic E-state index is 0.0726. The molecular formula is C18H17N3O2. The molecular weight excluding hydrogens is 290 g/mol. The normalized spacial score (nSPS) is 10.7. The molecule has 0 saturated carbocycles. The van der Waals surface area contributed by atoms with Crippen molar-refractivity contribution in [1.82, 2.24) is 9.38 Å². The average Bonchev–Trinajstić information content (AvgIpc) is 2.94. The van der Waals surface area contributed by atoms with Gasteiger partial charge in [0.05, 0.1) is 17.4 Å². The van der Waals surface area contributed by atoms with Gasteiger partial charge in [0.15, 0.2) is 12.1 Å². The molecule has 116 valence electrons. The van der Waals surface area contributed by atoms with E-state index < -0.39 is 0 Å². The molecule has 5 heteroatoms. The van der Waals surface area contributed by atoms with Crippen LogP contribution in [0.1, 0.15) is 38.9 Å². The van der Waals surface area contributed by atoms with Crippen LogP contribution >= 0.6 is 0 Å². The first-order valence-electron chi connectivity index (χ1n) is 7.32. The number of pyridine rings is 1. The summed E-state index contributed by atoms with van der Waals surface area (Å²) in [6, 6.07) is 7.87. The van der Waals surface area contributed by atoms with Gasteiger partial charge in [0, 0.05) is 17.4 Å². The first kappa shape index (κ1) is 15.0. The van der Waals surface area contributed by atoms with Crippen molar-refractivity contribution in [1.29, 1.82) is 0 Å². The number of benzene rings is 1. The van der Waals surface area contributed by atoms with Crippen LogP contribution in [0, 0.1) is 13.8 Å². The second-order valence-electron chi connectivity index (χ2n) is 5.53. The Morgan fingerprint density at radius 1 is 1.26 bits per heavy atom. The van der Waals surface area contributed by atoms with E-state index in [0.29, 0.717) is 16.9 Å². The van der Waals surface area contributed by atoms with Crippen molar-refractivity contribution < 1.29 is 9.59 Å². The predicted molar refractivity (Wildman–Crippen MR) is 89.8 cm³/mol. The topological polar surface area (TPSA) is 63.5 Å². The summed E-state index contributed by atoms with van der Waals surface area (Å²) in [5, 5.41) is 3.35. The van der Waals surface area contributed by atoms with Crippen LogP contribution in [-0.2, 0) is 0 Å². The summed E-state index contributed by atoms with van der Waals surface area (Å²) in [6.07, 6.45) is 3.91. The summed E-state index contributed by atoms with van der Waals surface area (Å²) in [4.78, 5) is 27.5. The van der Waals surface area contributed by atoms with E-state index in [9.17, 15) is 9.59 Å². The van der Waals surface area contributed by atoms with Crippen molar-refractivity contribution in [2.24, 2.45) is 0 Å². The zero-order chi connectivity index (χ0) is 16.6. The van der Waals surface area contributed by atoms with Crippen LogP contribution < -0.4 is 5.32 Å². The Balaban J connectivity index is 2.24. The van der Waals surface area contributed by atoms with Crippen molar-refractivity contribution in [3.05, 3.63) is 59.0 Å². The van der Waals surface area contributed by atoms with Gasteiger partial charge >= 0.3 is 0 Å². The van der Waals surface area contributed by atoms with Gasteiger partial charge in [-0.05, 0) is 32.4 Å². The number of rotatable bonds is 4. The molecule has 3 aromatic rings. The van der Waals surface area contributed by atoms with Gasteiger partial charge in [-0.25, -0.2) is 4.98 Å². The summed E-state index contributed by atoms with van der Waals surface area (Å²) in [6.45, 7) is 5.41. The van der Waals surface area contributed by atoms with E-state index in [2.05, 4.69) is 10.3 Å². The van der Waals surface area contributed by atoms with Gasteiger partial charge in [-0.15, -0.1) is 0 Å². The summed E-state index contributed by atoms with van der Waals surface area (Å²) in [7, 11) is 0. The third kappa shape index (κ3) is 2.50. The summed E-state index contributed by atoms with van der Waals surface area (Å²) < 4.78 is 1.65. The lowest BCUT2D eigenvalue weighted by atomic mass is 10.1. The monoisotopic (exact) mass is 307 g/mol. The first-order valence-corrected chi connectivity index (χ1v) is 7.32. The van der Waals surface area contributed by atoms with E-state index >= 15 is 0 Å². The number of Topliss-reactive ketones (excluding diaryl/α,β-unsaturated/α-hetero) is 1. The number of aldehydes is 1.